The number of ether oxygens (including phenoxy) is 2. The molecule has 126 valence electrons. The summed E-state index contributed by atoms with van der Waals surface area (Å²) >= 11 is 0. The lowest BCUT2D eigenvalue weighted by atomic mass is 10.1. The summed E-state index contributed by atoms with van der Waals surface area (Å²) in [5.74, 6) is 2.14. The lowest BCUT2D eigenvalue weighted by Gasteiger charge is -2.11. The van der Waals surface area contributed by atoms with Gasteiger partial charge in [0.2, 0.25) is 0 Å². The zero-order chi connectivity index (χ0) is 17.4. The van der Waals surface area contributed by atoms with Crippen molar-refractivity contribution < 1.29 is 9.47 Å². The van der Waals surface area contributed by atoms with E-state index in [1.165, 1.54) is 0 Å². The molecule has 0 N–H and O–H groups in total. The highest BCUT2D eigenvalue weighted by atomic mass is 16.5. The van der Waals surface area contributed by atoms with Crippen molar-refractivity contribution >= 4 is 16.6 Å². The Morgan fingerprint density at radius 2 is 1.96 bits per heavy atom. The smallest absolute Gasteiger partial charge is 0.258 e. The molecule has 3 aromatic heterocycles. The van der Waals surface area contributed by atoms with Crippen molar-refractivity contribution in [1.29, 1.82) is 0 Å². The molecule has 0 aliphatic heterocycles. The second-order valence-corrected chi connectivity index (χ2v) is 5.40. The molecule has 0 aliphatic rings. The van der Waals surface area contributed by atoms with E-state index in [9.17, 15) is 4.79 Å². The fourth-order valence-corrected chi connectivity index (χ4v) is 2.81. The van der Waals surface area contributed by atoms with Crippen molar-refractivity contribution in [2.75, 3.05) is 14.2 Å². The molecule has 3 heterocycles. The van der Waals surface area contributed by atoms with Crippen molar-refractivity contribution in [3.63, 3.8) is 0 Å². The van der Waals surface area contributed by atoms with Gasteiger partial charge in [0.05, 0.1) is 26.2 Å². The minimum atomic E-state index is -0.148. The van der Waals surface area contributed by atoms with Crippen molar-refractivity contribution in [3.8, 4) is 11.5 Å². The first-order valence-electron chi connectivity index (χ1n) is 7.61. The highest BCUT2D eigenvalue weighted by Gasteiger charge is 2.13. The Balaban J connectivity index is 1.80. The van der Waals surface area contributed by atoms with Gasteiger partial charge in [0.1, 0.15) is 0 Å². The lowest BCUT2D eigenvalue weighted by Crippen LogP contribution is -2.20. The lowest BCUT2D eigenvalue weighted by molar-refractivity contribution is 0.358. The number of nitrogens with zero attached hydrogens (tertiary/aromatic N) is 5. The number of hydrogen-bond acceptors (Lipinski definition) is 6. The van der Waals surface area contributed by atoms with Crippen LogP contribution in [0.2, 0.25) is 0 Å². The third-order valence-corrected chi connectivity index (χ3v) is 3.97. The van der Waals surface area contributed by atoms with Crippen molar-refractivity contribution in [2.24, 2.45) is 0 Å². The molecule has 0 aliphatic carbocycles. The van der Waals surface area contributed by atoms with E-state index < -0.39 is 0 Å². The van der Waals surface area contributed by atoms with Gasteiger partial charge in [-0.2, -0.15) is 4.98 Å². The van der Waals surface area contributed by atoms with Crippen LogP contribution in [0, 0.1) is 0 Å². The number of pyridine rings is 1. The van der Waals surface area contributed by atoms with Gasteiger partial charge in [-0.05, 0) is 24.3 Å². The number of fused-ring (bicyclic) bond motifs is 2. The van der Waals surface area contributed by atoms with Crippen LogP contribution in [0.5, 0.6) is 11.5 Å². The normalized spacial score (nSPS) is 11.1. The second kappa shape index (κ2) is 5.90. The molecule has 0 unspecified atom stereocenters. The average Bonchev–Trinajstić information content (AvgIpc) is 3.05. The number of hydrogen-bond donors (Lipinski definition) is 0. The zero-order valence-electron chi connectivity index (χ0n) is 13.7. The van der Waals surface area contributed by atoms with E-state index in [2.05, 4.69) is 15.1 Å². The van der Waals surface area contributed by atoms with Crippen LogP contribution in [0.1, 0.15) is 5.82 Å². The molecule has 4 rings (SSSR count). The quantitative estimate of drug-likeness (QED) is 0.561. The Bertz CT molecular complexity index is 1100. The van der Waals surface area contributed by atoms with Gasteiger partial charge in [-0.15, -0.1) is 5.10 Å². The van der Waals surface area contributed by atoms with E-state index in [-0.39, 0.29) is 12.1 Å². The van der Waals surface area contributed by atoms with Gasteiger partial charge in [0.15, 0.2) is 17.3 Å². The van der Waals surface area contributed by atoms with Gasteiger partial charge in [0, 0.05) is 24.0 Å². The highest BCUT2D eigenvalue weighted by Crippen LogP contribution is 2.33. The molecule has 8 heteroatoms. The maximum Gasteiger partial charge on any atom is 0.258 e. The second-order valence-electron chi connectivity index (χ2n) is 5.40. The van der Waals surface area contributed by atoms with Gasteiger partial charge in [-0.25, -0.2) is 9.50 Å². The third kappa shape index (κ3) is 2.47. The van der Waals surface area contributed by atoms with E-state index in [0.29, 0.717) is 33.9 Å². The first-order chi connectivity index (χ1) is 12.2. The highest BCUT2D eigenvalue weighted by molar-refractivity contribution is 5.90. The largest absolute Gasteiger partial charge is 0.493 e. The summed E-state index contributed by atoms with van der Waals surface area (Å²) in [6.45, 7) is 0.256. The summed E-state index contributed by atoms with van der Waals surface area (Å²) in [6.07, 6.45) is 5.11. The molecule has 0 saturated heterocycles. The molecule has 4 aromatic rings. The van der Waals surface area contributed by atoms with Gasteiger partial charge in [-0.1, -0.05) is 0 Å². The van der Waals surface area contributed by atoms with E-state index >= 15 is 0 Å². The molecule has 0 spiro atoms. The Labute approximate surface area is 142 Å². The monoisotopic (exact) mass is 337 g/mol. The maximum absolute atomic E-state index is 12.8. The van der Waals surface area contributed by atoms with Crippen LogP contribution in [0.15, 0.2) is 47.7 Å². The van der Waals surface area contributed by atoms with E-state index in [0.717, 1.165) is 0 Å². The van der Waals surface area contributed by atoms with Gasteiger partial charge in [-0.3, -0.25) is 4.79 Å². The topological polar surface area (TPSA) is 83.5 Å². The molecule has 0 radical (unpaired) electrons. The van der Waals surface area contributed by atoms with E-state index in [1.54, 1.807) is 60.1 Å². The Morgan fingerprint density at radius 1 is 1.08 bits per heavy atom. The van der Waals surface area contributed by atoms with Gasteiger partial charge < -0.3 is 14.0 Å². The van der Waals surface area contributed by atoms with Crippen LogP contribution in [-0.4, -0.2) is 38.4 Å². The van der Waals surface area contributed by atoms with Gasteiger partial charge >= 0.3 is 0 Å². The summed E-state index contributed by atoms with van der Waals surface area (Å²) in [5.41, 5.74) is -0.148. The molecule has 8 nitrogen and oxygen atoms in total. The van der Waals surface area contributed by atoms with Crippen LogP contribution < -0.4 is 15.0 Å². The third-order valence-electron chi connectivity index (χ3n) is 3.97. The van der Waals surface area contributed by atoms with Crippen molar-refractivity contribution in [2.45, 2.75) is 6.54 Å². The predicted octanol–water partition coefficient (Wildman–Crippen LogP) is 1.50. The molecule has 0 fully saturated rings. The molecule has 0 saturated carbocycles. The van der Waals surface area contributed by atoms with Crippen LogP contribution >= 0.6 is 0 Å². The summed E-state index contributed by atoms with van der Waals surface area (Å²) < 4.78 is 13.8. The molecular formula is C17H15N5O3. The Kier molecular flexibility index (Phi) is 3.57. The molecule has 1 aromatic carbocycles. The number of rotatable bonds is 4. The summed E-state index contributed by atoms with van der Waals surface area (Å²) in [7, 11) is 3.12. The van der Waals surface area contributed by atoms with E-state index in [1.807, 2.05) is 6.07 Å². The summed E-state index contributed by atoms with van der Waals surface area (Å²) in [5, 5.41) is 5.57. The minimum absolute atomic E-state index is 0.148. The zero-order valence-corrected chi connectivity index (χ0v) is 13.7. The Morgan fingerprint density at radius 3 is 2.72 bits per heavy atom. The van der Waals surface area contributed by atoms with Crippen molar-refractivity contribution in [3.05, 3.63) is 59.0 Å². The minimum Gasteiger partial charge on any atom is -0.493 e. The number of benzene rings is 1. The SMILES string of the molecule is COc1ccc2c(=O)n(Cc3nc4ncccn4n3)ccc2c1OC. The maximum atomic E-state index is 12.8. The van der Waals surface area contributed by atoms with E-state index in [4.69, 9.17) is 9.47 Å². The predicted molar refractivity (Wildman–Crippen MR) is 91.2 cm³/mol. The summed E-state index contributed by atoms with van der Waals surface area (Å²) in [4.78, 5) is 21.3. The fraction of sp³-hybridized carbons (Fsp3) is 0.176. The van der Waals surface area contributed by atoms with Crippen LogP contribution in [0.25, 0.3) is 16.6 Å². The fourth-order valence-electron chi connectivity index (χ4n) is 2.81. The first-order valence-corrected chi connectivity index (χ1v) is 7.61. The molecular weight excluding hydrogens is 322 g/mol. The Hall–Kier alpha value is -3.42. The average molecular weight is 337 g/mol. The molecule has 0 amide bonds. The van der Waals surface area contributed by atoms with Crippen molar-refractivity contribution in [1.82, 2.24) is 24.1 Å². The van der Waals surface area contributed by atoms with Crippen LogP contribution in [0.3, 0.4) is 0 Å². The number of methoxy groups -OCH3 is 2. The molecule has 25 heavy (non-hydrogen) atoms. The van der Waals surface area contributed by atoms with Crippen LogP contribution in [0.4, 0.5) is 0 Å². The van der Waals surface area contributed by atoms with Gasteiger partial charge in [0.25, 0.3) is 11.3 Å². The number of aromatic nitrogens is 5. The molecule has 0 bridgehead atoms. The molecule has 0 atom stereocenters. The summed E-state index contributed by atoms with van der Waals surface area (Å²) in [6, 6.07) is 7.05. The first kappa shape index (κ1) is 15.1. The standard InChI is InChI=1S/C17H15N5O3/c1-24-13-5-4-12-11(15(13)25-2)6-9-21(16(12)23)10-14-19-17-18-7-3-8-22(17)20-14/h3-9H,10H2,1-2H3. The van der Waals surface area contributed by atoms with Crippen LogP contribution in [-0.2, 0) is 6.54 Å².